The highest BCUT2D eigenvalue weighted by Gasteiger charge is 2.13. The van der Waals surface area contributed by atoms with Gasteiger partial charge in [-0.1, -0.05) is 19.9 Å². The summed E-state index contributed by atoms with van der Waals surface area (Å²) in [6, 6.07) is 7.31. The number of amides is 1. The van der Waals surface area contributed by atoms with Crippen LogP contribution >= 0.6 is 0 Å². The van der Waals surface area contributed by atoms with E-state index in [0.717, 1.165) is 5.69 Å². The average Bonchev–Trinajstić information content (AvgIpc) is 2.28. The molecule has 4 nitrogen and oxygen atoms in total. The third-order valence-electron chi connectivity index (χ3n) is 2.24. The van der Waals surface area contributed by atoms with Gasteiger partial charge >= 0.3 is 0 Å². The molecule has 0 aliphatic heterocycles. The summed E-state index contributed by atoms with van der Waals surface area (Å²) in [4.78, 5) is 17.5. The molecule has 0 N–H and O–H groups in total. The zero-order valence-electron chi connectivity index (χ0n) is 9.77. The van der Waals surface area contributed by atoms with Crippen LogP contribution in [0.2, 0.25) is 0 Å². The molecule has 0 aromatic carbocycles. The van der Waals surface area contributed by atoms with Crippen molar-refractivity contribution >= 4 is 5.91 Å². The topological polar surface area (TPSA) is 57.0 Å². The van der Waals surface area contributed by atoms with Crippen molar-refractivity contribution in [2.24, 2.45) is 0 Å². The van der Waals surface area contributed by atoms with Crippen molar-refractivity contribution in [3.63, 3.8) is 0 Å². The van der Waals surface area contributed by atoms with Crippen molar-refractivity contribution < 1.29 is 4.79 Å². The Labute approximate surface area is 95.5 Å². The van der Waals surface area contributed by atoms with E-state index >= 15 is 0 Å². The highest BCUT2D eigenvalue weighted by Crippen LogP contribution is 2.12. The summed E-state index contributed by atoms with van der Waals surface area (Å²) in [5.74, 6) is 0.0677. The van der Waals surface area contributed by atoms with Crippen LogP contribution in [0.3, 0.4) is 0 Å². The Bertz CT molecular complexity index is 421. The first kappa shape index (κ1) is 12.2. The Morgan fingerprint density at radius 1 is 1.56 bits per heavy atom. The van der Waals surface area contributed by atoms with Gasteiger partial charge in [0, 0.05) is 12.7 Å². The Balaban J connectivity index is 2.92. The van der Waals surface area contributed by atoms with E-state index in [2.05, 4.69) is 4.98 Å². The standard InChI is InChI=1S/C12H15N3O/c1-9(2)10-5-4-6-11(14-10)12(16)15(3)8-7-13/h4-6,9H,8H2,1-3H3. The van der Waals surface area contributed by atoms with E-state index in [1.165, 1.54) is 4.90 Å². The number of hydrogen-bond acceptors (Lipinski definition) is 3. The molecule has 1 aromatic heterocycles. The zero-order chi connectivity index (χ0) is 12.1. The van der Waals surface area contributed by atoms with E-state index in [4.69, 9.17) is 5.26 Å². The Kier molecular flexibility index (Phi) is 4.01. The Morgan fingerprint density at radius 3 is 2.81 bits per heavy atom. The van der Waals surface area contributed by atoms with E-state index < -0.39 is 0 Å². The van der Waals surface area contributed by atoms with Gasteiger partial charge in [-0.15, -0.1) is 0 Å². The highest BCUT2D eigenvalue weighted by molar-refractivity contribution is 5.92. The molecule has 16 heavy (non-hydrogen) atoms. The summed E-state index contributed by atoms with van der Waals surface area (Å²) >= 11 is 0. The van der Waals surface area contributed by atoms with Crippen LogP contribution in [-0.2, 0) is 0 Å². The molecule has 1 aromatic rings. The average molecular weight is 217 g/mol. The predicted molar refractivity (Wildman–Crippen MR) is 60.9 cm³/mol. The highest BCUT2D eigenvalue weighted by atomic mass is 16.2. The number of nitriles is 1. The van der Waals surface area contributed by atoms with Crippen LogP contribution < -0.4 is 0 Å². The summed E-state index contributed by atoms with van der Waals surface area (Å²) < 4.78 is 0. The molecule has 4 heteroatoms. The fourth-order valence-electron chi connectivity index (χ4n) is 1.27. The van der Waals surface area contributed by atoms with Gasteiger partial charge in [0.2, 0.25) is 0 Å². The van der Waals surface area contributed by atoms with E-state index in [1.54, 1.807) is 13.1 Å². The molecule has 1 amide bonds. The van der Waals surface area contributed by atoms with E-state index in [0.29, 0.717) is 5.69 Å². The maximum Gasteiger partial charge on any atom is 0.273 e. The molecule has 0 atom stereocenters. The number of carbonyl (C=O) groups excluding carboxylic acids is 1. The van der Waals surface area contributed by atoms with Gasteiger partial charge < -0.3 is 4.90 Å². The van der Waals surface area contributed by atoms with Crippen LogP contribution in [0.5, 0.6) is 0 Å². The van der Waals surface area contributed by atoms with Crippen LogP contribution in [0, 0.1) is 11.3 Å². The number of rotatable bonds is 3. The van der Waals surface area contributed by atoms with Crippen molar-refractivity contribution in [2.45, 2.75) is 19.8 Å². The lowest BCUT2D eigenvalue weighted by Gasteiger charge is -2.13. The molecule has 0 radical (unpaired) electrons. The van der Waals surface area contributed by atoms with Crippen molar-refractivity contribution in [3.05, 3.63) is 29.6 Å². The maximum absolute atomic E-state index is 11.8. The molecular weight excluding hydrogens is 202 g/mol. The van der Waals surface area contributed by atoms with Crippen LogP contribution in [0.15, 0.2) is 18.2 Å². The molecule has 0 unspecified atom stereocenters. The monoisotopic (exact) mass is 217 g/mol. The van der Waals surface area contributed by atoms with Gasteiger partial charge in [-0.25, -0.2) is 4.98 Å². The maximum atomic E-state index is 11.8. The fourth-order valence-corrected chi connectivity index (χ4v) is 1.27. The van der Waals surface area contributed by atoms with Crippen molar-refractivity contribution in [1.82, 2.24) is 9.88 Å². The lowest BCUT2D eigenvalue weighted by Crippen LogP contribution is -2.28. The first-order chi connectivity index (χ1) is 7.56. The van der Waals surface area contributed by atoms with Gasteiger partial charge in [0.05, 0.1) is 6.07 Å². The van der Waals surface area contributed by atoms with E-state index in [1.807, 2.05) is 32.0 Å². The van der Waals surface area contributed by atoms with Gasteiger partial charge in [-0.05, 0) is 18.1 Å². The summed E-state index contributed by atoms with van der Waals surface area (Å²) in [6.45, 7) is 4.12. The number of carbonyl (C=O) groups is 1. The Morgan fingerprint density at radius 2 is 2.25 bits per heavy atom. The molecule has 0 aliphatic carbocycles. The van der Waals surface area contributed by atoms with Crippen molar-refractivity contribution in [1.29, 1.82) is 5.26 Å². The number of hydrogen-bond donors (Lipinski definition) is 0. The van der Waals surface area contributed by atoms with Crippen molar-refractivity contribution in [3.8, 4) is 6.07 Å². The molecule has 0 spiro atoms. The van der Waals surface area contributed by atoms with Gasteiger partial charge in [0.25, 0.3) is 5.91 Å². The molecule has 1 heterocycles. The molecule has 0 bridgehead atoms. The molecule has 0 aliphatic rings. The lowest BCUT2D eigenvalue weighted by molar-refractivity contribution is 0.0806. The normalized spacial score (nSPS) is 9.94. The third kappa shape index (κ3) is 2.80. The largest absolute Gasteiger partial charge is 0.327 e. The molecule has 84 valence electrons. The first-order valence-corrected chi connectivity index (χ1v) is 5.15. The molecule has 1 rings (SSSR count). The van der Waals surface area contributed by atoms with Gasteiger partial charge in [-0.2, -0.15) is 5.26 Å². The quantitative estimate of drug-likeness (QED) is 0.725. The zero-order valence-corrected chi connectivity index (χ0v) is 9.77. The minimum atomic E-state index is -0.218. The van der Waals surface area contributed by atoms with E-state index in [9.17, 15) is 4.79 Å². The molecule has 0 saturated heterocycles. The lowest BCUT2D eigenvalue weighted by atomic mass is 10.1. The fraction of sp³-hybridized carbons (Fsp3) is 0.417. The molecule has 0 saturated carbocycles. The summed E-state index contributed by atoms with van der Waals surface area (Å²) in [5.41, 5.74) is 1.28. The van der Waals surface area contributed by atoms with Crippen molar-refractivity contribution in [2.75, 3.05) is 13.6 Å². The summed E-state index contributed by atoms with van der Waals surface area (Å²) in [5, 5.41) is 8.51. The number of nitrogens with zero attached hydrogens (tertiary/aromatic N) is 3. The first-order valence-electron chi connectivity index (χ1n) is 5.15. The number of pyridine rings is 1. The van der Waals surface area contributed by atoms with E-state index in [-0.39, 0.29) is 18.4 Å². The van der Waals surface area contributed by atoms with Crippen LogP contribution in [0.25, 0.3) is 0 Å². The van der Waals surface area contributed by atoms with Gasteiger partial charge in [0.1, 0.15) is 12.2 Å². The van der Waals surface area contributed by atoms with Gasteiger partial charge in [-0.3, -0.25) is 4.79 Å². The second-order valence-corrected chi connectivity index (χ2v) is 3.92. The summed E-state index contributed by atoms with van der Waals surface area (Å²) in [7, 11) is 1.59. The van der Waals surface area contributed by atoms with Gasteiger partial charge in [0.15, 0.2) is 0 Å². The van der Waals surface area contributed by atoms with Crippen LogP contribution in [0.4, 0.5) is 0 Å². The Hall–Kier alpha value is -1.89. The summed E-state index contributed by atoms with van der Waals surface area (Å²) in [6.07, 6.45) is 0. The van der Waals surface area contributed by atoms with Crippen LogP contribution in [0.1, 0.15) is 35.9 Å². The molecular formula is C12H15N3O. The smallest absolute Gasteiger partial charge is 0.273 e. The molecule has 0 fully saturated rings. The SMILES string of the molecule is CC(C)c1cccc(C(=O)N(C)CC#N)n1. The second kappa shape index (κ2) is 5.26. The third-order valence-corrected chi connectivity index (χ3v) is 2.24. The van der Waals surface area contributed by atoms with Crippen LogP contribution in [-0.4, -0.2) is 29.4 Å². The minimum Gasteiger partial charge on any atom is -0.327 e. The number of aromatic nitrogens is 1. The second-order valence-electron chi connectivity index (χ2n) is 3.92. The minimum absolute atomic E-state index is 0.0758. The predicted octanol–water partition coefficient (Wildman–Crippen LogP) is 1.80.